The molecule has 9 nitrogen and oxygen atoms in total. The number of aromatic nitrogens is 3. The Morgan fingerprint density at radius 3 is 2.62 bits per heavy atom. The topological polar surface area (TPSA) is 124 Å². The predicted octanol–water partition coefficient (Wildman–Crippen LogP) is 1.98. The maximum absolute atomic E-state index is 11.7. The minimum Gasteiger partial charge on any atom is -0.491 e. The molecule has 0 spiro atoms. The van der Waals surface area contributed by atoms with Gasteiger partial charge in [0.15, 0.2) is 0 Å². The van der Waals surface area contributed by atoms with Crippen molar-refractivity contribution < 1.29 is 19.4 Å². The van der Waals surface area contributed by atoms with E-state index in [9.17, 15) is 14.7 Å². The van der Waals surface area contributed by atoms with Gasteiger partial charge >= 0.3 is 0 Å². The smallest absolute Gasteiger partial charge is 0.288 e. The first-order valence-corrected chi connectivity index (χ1v) is 10.6. The number of amides is 2. The highest BCUT2D eigenvalue weighted by atomic mass is 16.5. The van der Waals surface area contributed by atoms with Crippen molar-refractivity contribution in [2.24, 2.45) is 5.73 Å². The summed E-state index contributed by atoms with van der Waals surface area (Å²) < 4.78 is 7.15. The number of anilines is 1. The van der Waals surface area contributed by atoms with E-state index in [1.165, 1.54) is 6.33 Å². The van der Waals surface area contributed by atoms with E-state index in [0.29, 0.717) is 25.3 Å². The molecule has 9 heteroatoms. The molecule has 1 aliphatic heterocycles. The molecule has 0 fully saturated rings. The summed E-state index contributed by atoms with van der Waals surface area (Å²) in [6, 6.07) is 15.2. The highest BCUT2D eigenvalue weighted by molar-refractivity contribution is 5.95. The van der Waals surface area contributed by atoms with Gasteiger partial charge in [-0.15, -0.1) is 5.10 Å². The molecule has 0 atom stereocenters. The summed E-state index contributed by atoms with van der Waals surface area (Å²) in [5, 5.41) is 13.5. The van der Waals surface area contributed by atoms with Crippen LogP contribution in [0.25, 0.3) is 0 Å². The lowest BCUT2D eigenvalue weighted by Gasteiger charge is -2.16. The molecule has 1 aliphatic rings. The van der Waals surface area contributed by atoms with Gasteiger partial charge in [-0.1, -0.05) is 42.2 Å². The molecule has 0 saturated carbocycles. The average molecular weight is 462 g/mol. The van der Waals surface area contributed by atoms with Crippen molar-refractivity contribution in [1.29, 1.82) is 0 Å². The van der Waals surface area contributed by atoms with Crippen LogP contribution in [0, 0.1) is 11.8 Å². The first-order chi connectivity index (χ1) is 16.1. The molecule has 0 unspecified atom stereocenters. The predicted molar refractivity (Wildman–Crippen MR) is 127 cm³/mol. The lowest BCUT2D eigenvalue weighted by molar-refractivity contribution is -0.118. The summed E-state index contributed by atoms with van der Waals surface area (Å²) >= 11 is 0. The lowest BCUT2D eigenvalue weighted by Crippen LogP contribution is -2.25. The van der Waals surface area contributed by atoms with E-state index < -0.39 is 11.5 Å². The van der Waals surface area contributed by atoms with Gasteiger partial charge in [0.2, 0.25) is 11.7 Å². The van der Waals surface area contributed by atoms with Crippen molar-refractivity contribution in [3.8, 4) is 17.6 Å². The number of primary amides is 1. The number of aliphatic hydroxyl groups is 1. The summed E-state index contributed by atoms with van der Waals surface area (Å²) in [6.07, 6.45) is 1.86. The monoisotopic (exact) mass is 461 g/mol. The molecule has 1 aromatic heterocycles. The van der Waals surface area contributed by atoms with Crippen LogP contribution in [0.5, 0.6) is 5.75 Å². The van der Waals surface area contributed by atoms with Gasteiger partial charge < -0.3 is 20.5 Å². The van der Waals surface area contributed by atoms with Gasteiger partial charge in [0.25, 0.3) is 5.91 Å². The maximum Gasteiger partial charge on any atom is 0.288 e. The summed E-state index contributed by atoms with van der Waals surface area (Å²) in [6.45, 7) is 4.22. The number of hydrogen-bond donors (Lipinski definition) is 2. The zero-order chi connectivity index (χ0) is 24.7. The van der Waals surface area contributed by atoms with Crippen molar-refractivity contribution in [2.45, 2.75) is 32.4 Å². The molecular weight excluding hydrogens is 434 g/mol. The summed E-state index contributed by atoms with van der Waals surface area (Å²) in [5.74, 6) is 5.77. The number of ether oxygens (including phenoxy) is 1. The minimum absolute atomic E-state index is 0.0362. The van der Waals surface area contributed by atoms with Crippen LogP contribution in [-0.4, -0.2) is 50.9 Å². The molecule has 2 heterocycles. The largest absolute Gasteiger partial charge is 0.491 e. The fourth-order valence-corrected chi connectivity index (χ4v) is 3.01. The van der Waals surface area contributed by atoms with Crippen LogP contribution < -0.4 is 15.4 Å². The molecule has 0 radical (unpaired) electrons. The van der Waals surface area contributed by atoms with Gasteiger partial charge in [-0.25, -0.2) is 9.67 Å². The minimum atomic E-state index is -1.03. The van der Waals surface area contributed by atoms with Gasteiger partial charge in [-0.2, -0.15) is 0 Å². The van der Waals surface area contributed by atoms with Crippen molar-refractivity contribution in [1.82, 2.24) is 14.8 Å². The highest BCUT2D eigenvalue weighted by Gasteiger charge is 2.19. The summed E-state index contributed by atoms with van der Waals surface area (Å²) in [4.78, 5) is 27.8. The first kappa shape index (κ1) is 24.5. The molecule has 2 aromatic carbocycles. The van der Waals surface area contributed by atoms with Crippen LogP contribution >= 0.6 is 0 Å². The van der Waals surface area contributed by atoms with E-state index in [0.717, 1.165) is 16.8 Å². The van der Waals surface area contributed by atoms with Crippen LogP contribution in [0.1, 0.15) is 42.0 Å². The molecule has 4 rings (SSSR count). The zero-order valence-corrected chi connectivity index (χ0v) is 19.4. The Morgan fingerprint density at radius 1 is 1.24 bits per heavy atom. The van der Waals surface area contributed by atoms with Crippen molar-refractivity contribution >= 4 is 17.5 Å². The van der Waals surface area contributed by atoms with Gasteiger partial charge in [-0.05, 0) is 37.6 Å². The number of nitrogens with zero attached hydrogens (tertiary/aromatic N) is 4. The summed E-state index contributed by atoms with van der Waals surface area (Å²) in [7, 11) is 1.73. The van der Waals surface area contributed by atoms with E-state index >= 15 is 0 Å². The average Bonchev–Trinajstić information content (AvgIpc) is 3.21. The number of hydrogen-bond acceptors (Lipinski definition) is 6. The van der Waals surface area contributed by atoms with Crippen LogP contribution in [0.2, 0.25) is 0 Å². The number of carbonyl (C=O) groups excluding carboxylic acids is 2. The van der Waals surface area contributed by atoms with Crippen LogP contribution in [-0.2, 0) is 11.3 Å². The fraction of sp³-hybridized carbons (Fsp3) is 0.280. The zero-order valence-electron chi connectivity index (χ0n) is 19.4. The molecule has 2 amide bonds. The molecule has 176 valence electrons. The number of rotatable bonds is 3. The van der Waals surface area contributed by atoms with E-state index in [-0.39, 0.29) is 11.7 Å². The molecule has 3 N–H and O–H groups in total. The van der Waals surface area contributed by atoms with Crippen LogP contribution in [0.15, 0.2) is 54.9 Å². The Hall–Kier alpha value is -4.16. The van der Waals surface area contributed by atoms with Gasteiger partial charge in [-0.3, -0.25) is 9.59 Å². The molecule has 0 bridgehead atoms. The quantitative estimate of drug-likeness (QED) is 0.575. The van der Waals surface area contributed by atoms with Crippen molar-refractivity contribution in [3.63, 3.8) is 0 Å². The SMILES string of the molecule is CN1C(=O)CCOc2cc(C#CC(C)(C)O)ccc21.NC(=O)c1ncn(Cc2ccccc2)n1. The van der Waals surface area contributed by atoms with Crippen molar-refractivity contribution in [2.75, 3.05) is 18.6 Å². The highest BCUT2D eigenvalue weighted by Crippen LogP contribution is 2.31. The van der Waals surface area contributed by atoms with Gasteiger partial charge in [0.05, 0.1) is 25.3 Å². The van der Waals surface area contributed by atoms with E-state index in [1.54, 1.807) is 36.5 Å². The molecule has 0 aliphatic carbocycles. The number of nitrogens with two attached hydrogens (primary N) is 1. The Labute approximate surface area is 198 Å². The van der Waals surface area contributed by atoms with E-state index in [1.807, 2.05) is 42.5 Å². The second-order valence-electron chi connectivity index (χ2n) is 8.16. The Balaban J connectivity index is 0.000000196. The fourth-order valence-electron chi connectivity index (χ4n) is 3.01. The second-order valence-corrected chi connectivity index (χ2v) is 8.16. The Bertz CT molecular complexity index is 1220. The van der Waals surface area contributed by atoms with Crippen molar-refractivity contribution in [3.05, 3.63) is 71.8 Å². The molecule has 3 aromatic rings. The lowest BCUT2D eigenvalue weighted by atomic mass is 10.1. The molecule has 0 saturated heterocycles. The molecule has 34 heavy (non-hydrogen) atoms. The van der Waals surface area contributed by atoms with E-state index in [2.05, 4.69) is 21.9 Å². The van der Waals surface area contributed by atoms with E-state index in [4.69, 9.17) is 10.5 Å². The van der Waals surface area contributed by atoms with Gasteiger partial charge in [0, 0.05) is 12.6 Å². The first-order valence-electron chi connectivity index (χ1n) is 10.6. The number of benzene rings is 2. The number of fused-ring (bicyclic) bond motifs is 1. The van der Waals surface area contributed by atoms with Crippen LogP contribution in [0.3, 0.4) is 0 Å². The standard InChI is InChI=1S/C15H17NO3.C10H10N4O/c1-15(2,18)8-6-11-4-5-12-13(10-11)19-9-7-14(17)16(12)3;11-9(15)10-12-7-14(13-10)6-8-4-2-1-3-5-8/h4-5,10,18H,7,9H2,1-3H3;1-5,7H,6H2,(H2,11,15). The normalized spacial score (nSPS) is 12.8. The third kappa shape index (κ3) is 6.92. The third-order valence-corrected chi connectivity index (χ3v) is 4.73. The Morgan fingerprint density at radius 2 is 1.97 bits per heavy atom. The second kappa shape index (κ2) is 10.6. The summed E-state index contributed by atoms with van der Waals surface area (Å²) in [5.41, 5.74) is 6.61. The molecular formula is C25H27N5O4. The Kier molecular flexibility index (Phi) is 7.66. The third-order valence-electron chi connectivity index (χ3n) is 4.73. The number of carbonyl (C=O) groups is 2. The van der Waals surface area contributed by atoms with Gasteiger partial charge in [0.1, 0.15) is 17.7 Å². The van der Waals surface area contributed by atoms with Crippen LogP contribution in [0.4, 0.5) is 5.69 Å². The maximum atomic E-state index is 11.7.